The Morgan fingerprint density at radius 3 is 2.51 bits per heavy atom. The van der Waals surface area contributed by atoms with Crippen molar-refractivity contribution in [2.45, 2.75) is 26.7 Å². The van der Waals surface area contributed by atoms with Gasteiger partial charge in [0.1, 0.15) is 11.5 Å². The van der Waals surface area contributed by atoms with Crippen LogP contribution in [0.3, 0.4) is 0 Å². The minimum absolute atomic E-state index is 0.122. The lowest BCUT2D eigenvalue weighted by molar-refractivity contribution is -0.116. The molecule has 4 aromatic carbocycles. The molecule has 228 valence electrons. The predicted octanol–water partition coefficient (Wildman–Crippen LogP) is 7.82. The molecule has 0 radical (unpaired) electrons. The van der Waals surface area contributed by atoms with E-state index in [9.17, 15) is 9.59 Å². The zero-order valence-electron chi connectivity index (χ0n) is 25.3. The SMILES string of the molecule is COc1ccc(-c2cc(C(=O)N/N=C(\C)c3cccc(NC(=O)CCCOc4ccc(Cl)cc4C)c3)c3ccccc3n2)cc1. The van der Waals surface area contributed by atoms with E-state index in [1.807, 2.05) is 91.9 Å². The van der Waals surface area contributed by atoms with E-state index in [0.29, 0.717) is 52.6 Å². The molecular formula is C36H33ClN4O4. The van der Waals surface area contributed by atoms with Crippen LogP contribution in [0.5, 0.6) is 11.5 Å². The van der Waals surface area contributed by atoms with Crippen molar-refractivity contribution in [3.05, 3.63) is 119 Å². The van der Waals surface area contributed by atoms with Gasteiger partial charge in [0.2, 0.25) is 5.91 Å². The number of anilines is 1. The second kappa shape index (κ2) is 14.5. The van der Waals surface area contributed by atoms with Crippen molar-refractivity contribution in [3.63, 3.8) is 0 Å². The second-order valence-corrected chi connectivity index (χ2v) is 10.9. The van der Waals surface area contributed by atoms with Gasteiger partial charge in [-0.05, 0) is 98.1 Å². The predicted molar refractivity (Wildman–Crippen MR) is 179 cm³/mol. The van der Waals surface area contributed by atoms with Gasteiger partial charge in [0, 0.05) is 28.1 Å². The van der Waals surface area contributed by atoms with Gasteiger partial charge in [-0.25, -0.2) is 10.4 Å². The average Bonchev–Trinajstić information content (AvgIpc) is 3.05. The van der Waals surface area contributed by atoms with Crippen molar-refractivity contribution in [3.8, 4) is 22.8 Å². The number of carbonyl (C=O) groups excluding carboxylic acids is 2. The first kappa shape index (κ1) is 31.2. The Kier molecular flexibility index (Phi) is 10.1. The van der Waals surface area contributed by atoms with Gasteiger partial charge in [0.25, 0.3) is 5.91 Å². The largest absolute Gasteiger partial charge is 0.497 e. The van der Waals surface area contributed by atoms with Gasteiger partial charge < -0.3 is 14.8 Å². The van der Waals surface area contributed by atoms with E-state index in [4.69, 9.17) is 26.1 Å². The molecule has 2 amide bonds. The number of para-hydroxylation sites is 1. The topological polar surface area (TPSA) is 102 Å². The zero-order chi connectivity index (χ0) is 31.8. The van der Waals surface area contributed by atoms with Gasteiger partial charge in [-0.15, -0.1) is 0 Å². The first-order chi connectivity index (χ1) is 21.8. The summed E-state index contributed by atoms with van der Waals surface area (Å²) in [6, 6.07) is 29.6. The highest BCUT2D eigenvalue weighted by atomic mass is 35.5. The Bertz CT molecular complexity index is 1870. The molecule has 9 heteroatoms. The summed E-state index contributed by atoms with van der Waals surface area (Å²) in [4.78, 5) is 30.7. The highest BCUT2D eigenvalue weighted by Gasteiger charge is 2.14. The maximum atomic E-state index is 13.4. The lowest BCUT2D eigenvalue weighted by atomic mass is 10.0. The highest BCUT2D eigenvalue weighted by molar-refractivity contribution is 6.30. The van der Waals surface area contributed by atoms with E-state index < -0.39 is 0 Å². The standard InChI is InChI=1S/C36H33ClN4O4/c1-23-20-27(37)15-18-34(23)45-19-7-12-35(42)38-28-9-6-8-26(21-28)24(2)40-41-36(43)31-22-33(25-13-16-29(44-3)17-14-25)39-32-11-5-4-10-30(31)32/h4-6,8-11,13-18,20-22H,7,12,19H2,1-3H3,(H,38,42)(H,41,43)/b40-24+. The fourth-order valence-electron chi connectivity index (χ4n) is 4.77. The van der Waals surface area contributed by atoms with Gasteiger partial charge in [-0.1, -0.05) is 41.9 Å². The van der Waals surface area contributed by atoms with E-state index in [0.717, 1.165) is 33.6 Å². The minimum Gasteiger partial charge on any atom is -0.497 e. The number of hydrogen-bond acceptors (Lipinski definition) is 6. The number of halogens is 1. The summed E-state index contributed by atoms with van der Waals surface area (Å²) < 4.78 is 11.1. The lowest BCUT2D eigenvalue weighted by Crippen LogP contribution is -2.20. The number of fused-ring (bicyclic) bond motifs is 1. The van der Waals surface area contributed by atoms with E-state index in [2.05, 4.69) is 15.8 Å². The molecule has 0 fully saturated rings. The number of benzene rings is 4. The number of nitrogens with zero attached hydrogens (tertiary/aromatic N) is 2. The molecule has 0 atom stereocenters. The molecule has 0 bridgehead atoms. The van der Waals surface area contributed by atoms with Crippen LogP contribution in [0.4, 0.5) is 5.69 Å². The molecule has 0 unspecified atom stereocenters. The molecule has 8 nitrogen and oxygen atoms in total. The Morgan fingerprint density at radius 1 is 0.933 bits per heavy atom. The summed E-state index contributed by atoms with van der Waals surface area (Å²) in [5.74, 6) is 1.01. The molecule has 0 spiro atoms. The summed E-state index contributed by atoms with van der Waals surface area (Å²) in [6.07, 6.45) is 0.863. The van der Waals surface area contributed by atoms with Crippen molar-refractivity contribution in [2.24, 2.45) is 5.10 Å². The highest BCUT2D eigenvalue weighted by Crippen LogP contribution is 2.27. The molecule has 0 saturated heterocycles. The number of rotatable bonds is 11. The Hall–Kier alpha value is -5.21. The number of amides is 2. The molecule has 2 N–H and O–H groups in total. The number of ether oxygens (including phenoxy) is 2. The summed E-state index contributed by atoms with van der Waals surface area (Å²) in [6.45, 7) is 4.14. The van der Waals surface area contributed by atoms with Crippen LogP contribution in [0.2, 0.25) is 5.02 Å². The summed E-state index contributed by atoms with van der Waals surface area (Å²) in [5, 5.41) is 8.67. The van der Waals surface area contributed by atoms with E-state index in [1.54, 1.807) is 26.2 Å². The van der Waals surface area contributed by atoms with E-state index in [-0.39, 0.29) is 11.8 Å². The Morgan fingerprint density at radius 2 is 1.73 bits per heavy atom. The third-order valence-corrected chi connectivity index (χ3v) is 7.41. The first-order valence-corrected chi connectivity index (χ1v) is 14.9. The molecule has 0 aliphatic carbocycles. The second-order valence-electron chi connectivity index (χ2n) is 10.4. The Labute approximate surface area is 267 Å². The van der Waals surface area contributed by atoms with Crippen LogP contribution in [-0.2, 0) is 4.79 Å². The molecular weight excluding hydrogens is 588 g/mol. The van der Waals surface area contributed by atoms with Crippen LogP contribution in [0.15, 0.2) is 102 Å². The maximum Gasteiger partial charge on any atom is 0.272 e. The van der Waals surface area contributed by atoms with Crippen LogP contribution < -0.4 is 20.2 Å². The smallest absolute Gasteiger partial charge is 0.272 e. The van der Waals surface area contributed by atoms with Crippen molar-refractivity contribution in [1.29, 1.82) is 0 Å². The number of aromatic nitrogens is 1. The van der Waals surface area contributed by atoms with Crippen molar-refractivity contribution in [2.75, 3.05) is 19.0 Å². The van der Waals surface area contributed by atoms with Crippen molar-refractivity contribution in [1.82, 2.24) is 10.4 Å². The molecule has 1 aromatic heterocycles. The van der Waals surface area contributed by atoms with E-state index >= 15 is 0 Å². The summed E-state index contributed by atoms with van der Waals surface area (Å²) in [7, 11) is 1.61. The maximum absolute atomic E-state index is 13.4. The number of carbonyl (C=O) groups is 2. The van der Waals surface area contributed by atoms with Crippen LogP contribution in [0.25, 0.3) is 22.2 Å². The number of methoxy groups -OCH3 is 1. The third kappa shape index (κ3) is 8.04. The molecule has 0 aliphatic rings. The number of hydrogen-bond donors (Lipinski definition) is 2. The van der Waals surface area contributed by atoms with E-state index in [1.165, 1.54) is 0 Å². The molecule has 0 saturated carbocycles. The van der Waals surface area contributed by atoms with Gasteiger partial charge >= 0.3 is 0 Å². The van der Waals surface area contributed by atoms with Crippen LogP contribution in [0, 0.1) is 6.92 Å². The molecule has 45 heavy (non-hydrogen) atoms. The first-order valence-electron chi connectivity index (χ1n) is 14.5. The normalized spacial score (nSPS) is 11.2. The van der Waals surface area contributed by atoms with Gasteiger partial charge in [-0.2, -0.15) is 5.10 Å². The van der Waals surface area contributed by atoms with Gasteiger partial charge in [0.05, 0.1) is 36.2 Å². The number of aryl methyl sites for hydroxylation is 1. The molecule has 0 aliphatic heterocycles. The quantitative estimate of drug-likeness (QED) is 0.0890. The fourth-order valence-corrected chi connectivity index (χ4v) is 4.99. The number of nitrogens with one attached hydrogen (secondary N) is 2. The average molecular weight is 621 g/mol. The van der Waals surface area contributed by atoms with Crippen LogP contribution in [0.1, 0.15) is 41.3 Å². The number of pyridine rings is 1. The molecule has 1 heterocycles. The lowest BCUT2D eigenvalue weighted by Gasteiger charge is -2.11. The van der Waals surface area contributed by atoms with Gasteiger partial charge in [0.15, 0.2) is 0 Å². The van der Waals surface area contributed by atoms with Crippen molar-refractivity contribution >= 4 is 45.7 Å². The fraction of sp³-hybridized carbons (Fsp3) is 0.167. The number of hydrazone groups is 1. The van der Waals surface area contributed by atoms with Gasteiger partial charge in [-0.3, -0.25) is 9.59 Å². The molecule has 5 rings (SSSR count). The van der Waals surface area contributed by atoms with Crippen molar-refractivity contribution < 1.29 is 19.1 Å². The zero-order valence-corrected chi connectivity index (χ0v) is 26.0. The third-order valence-electron chi connectivity index (χ3n) is 7.18. The minimum atomic E-state index is -0.358. The van der Waals surface area contributed by atoms with Crippen LogP contribution >= 0.6 is 11.6 Å². The summed E-state index contributed by atoms with van der Waals surface area (Å²) >= 11 is 6.00. The Balaban J connectivity index is 1.22. The molecule has 5 aromatic rings. The monoisotopic (exact) mass is 620 g/mol. The summed E-state index contributed by atoms with van der Waals surface area (Å²) in [5.41, 5.74) is 8.30. The van der Waals surface area contributed by atoms with Crippen LogP contribution in [-0.4, -0.2) is 36.2 Å².